The molecular formula is C13H20N2O2. The zero-order valence-corrected chi connectivity index (χ0v) is 10.4. The number of nitrogens with zero attached hydrogens (tertiary/aromatic N) is 1. The van der Waals surface area contributed by atoms with Crippen molar-refractivity contribution in [1.82, 2.24) is 5.32 Å². The predicted molar refractivity (Wildman–Crippen MR) is 69.2 cm³/mol. The lowest BCUT2D eigenvalue weighted by molar-refractivity contribution is -0.119. The van der Waals surface area contributed by atoms with Gasteiger partial charge < -0.3 is 15.3 Å². The van der Waals surface area contributed by atoms with Crippen LogP contribution in [0.5, 0.6) is 0 Å². The van der Waals surface area contributed by atoms with Gasteiger partial charge in [0.25, 0.3) is 0 Å². The molecule has 0 unspecified atom stereocenters. The van der Waals surface area contributed by atoms with E-state index in [4.69, 9.17) is 5.11 Å². The highest BCUT2D eigenvalue weighted by molar-refractivity contribution is 5.81. The van der Waals surface area contributed by atoms with E-state index in [2.05, 4.69) is 24.4 Å². The lowest BCUT2D eigenvalue weighted by atomic mass is 10.1. The highest BCUT2D eigenvalue weighted by atomic mass is 16.3. The van der Waals surface area contributed by atoms with Crippen molar-refractivity contribution in [3.05, 3.63) is 29.8 Å². The molecule has 0 fully saturated rings. The van der Waals surface area contributed by atoms with Crippen LogP contribution in [0.3, 0.4) is 0 Å². The van der Waals surface area contributed by atoms with Crippen molar-refractivity contribution in [3.8, 4) is 0 Å². The molecule has 1 aromatic rings. The third kappa shape index (κ3) is 4.44. The number of rotatable bonds is 6. The Morgan fingerprint density at radius 2 is 2.00 bits per heavy atom. The van der Waals surface area contributed by atoms with Gasteiger partial charge in [0.1, 0.15) is 0 Å². The van der Waals surface area contributed by atoms with E-state index in [1.54, 1.807) is 0 Å². The fraction of sp³-hybridized carbons (Fsp3) is 0.462. The Morgan fingerprint density at radius 3 is 2.53 bits per heavy atom. The Bertz CT molecular complexity index is 349. The van der Waals surface area contributed by atoms with Gasteiger partial charge in [0.15, 0.2) is 0 Å². The molecule has 0 aromatic heterocycles. The summed E-state index contributed by atoms with van der Waals surface area (Å²) in [5, 5.41) is 11.2. The quantitative estimate of drug-likeness (QED) is 0.768. The van der Waals surface area contributed by atoms with E-state index in [9.17, 15) is 4.79 Å². The molecule has 1 rings (SSSR count). The second-order valence-corrected chi connectivity index (χ2v) is 3.95. The Labute approximate surface area is 102 Å². The average molecular weight is 236 g/mol. The van der Waals surface area contributed by atoms with E-state index >= 15 is 0 Å². The molecule has 1 amide bonds. The number of likely N-dealkylation sites (N-methyl/N-ethyl adjacent to an activating group) is 1. The molecule has 0 saturated heterocycles. The number of amides is 1. The molecule has 17 heavy (non-hydrogen) atoms. The minimum atomic E-state index is -0.0823. The summed E-state index contributed by atoms with van der Waals surface area (Å²) in [4.78, 5) is 13.3. The predicted octanol–water partition coefficient (Wildman–Crippen LogP) is 0.794. The molecule has 0 saturated carbocycles. The van der Waals surface area contributed by atoms with E-state index in [0.717, 1.165) is 12.1 Å². The first-order valence-corrected chi connectivity index (χ1v) is 5.85. The van der Waals surface area contributed by atoms with Crippen molar-refractivity contribution in [3.63, 3.8) is 0 Å². The van der Waals surface area contributed by atoms with Gasteiger partial charge in [-0.1, -0.05) is 19.1 Å². The molecule has 0 radical (unpaired) electrons. The van der Waals surface area contributed by atoms with Crippen molar-refractivity contribution in [2.24, 2.45) is 0 Å². The SMILES string of the molecule is CCc1ccc(N(C)CC(=O)NCCO)cc1. The van der Waals surface area contributed by atoms with E-state index in [1.165, 1.54) is 5.56 Å². The molecule has 0 spiro atoms. The fourth-order valence-electron chi connectivity index (χ4n) is 1.54. The summed E-state index contributed by atoms with van der Waals surface area (Å²) in [6, 6.07) is 8.16. The van der Waals surface area contributed by atoms with E-state index < -0.39 is 0 Å². The number of hydrogen-bond acceptors (Lipinski definition) is 3. The highest BCUT2D eigenvalue weighted by Gasteiger charge is 2.06. The molecule has 0 aliphatic rings. The van der Waals surface area contributed by atoms with Crippen LogP contribution in [0.15, 0.2) is 24.3 Å². The number of nitrogens with one attached hydrogen (secondary N) is 1. The Morgan fingerprint density at radius 1 is 1.35 bits per heavy atom. The van der Waals surface area contributed by atoms with Gasteiger partial charge in [-0.15, -0.1) is 0 Å². The van der Waals surface area contributed by atoms with E-state index in [-0.39, 0.29) is 12.5 Å². The van der Waals surface area contributed by atoms with Gasteiger partial charge in [-0.25, -0.2) is 0 Å². The number of hydrogen-bond donors (Lipinski definition) is 2. The zero-order chi connectivity index (χ0) is 12.7. The molecule has 0 atom stereocenters. The maximum Gasteiger partial charge on any atom is 0.239 e. The number of benzene rings is 1. The fourth-order valence-corrected chi connectivity index (χ4v) is 1.54. The maximum atomic E-state index is 11.4. The molecule has 0 aliphatic carbocycles. The van der Waals surface area contributed by atoms with Crippen LogP contribution in [-0.2, 0) is 11.2 Å². The topological polar surface area (TPSA) is 52.6 Å². The van der Waals surface area contributed by atoms with Gasteiger partial charge in [-0.05, 0) is 24.1 Å². The van der Waals surface area contributed by atoms with Crippen molar-refractivity contribution < 1.29 is 9.90 Å². The van der Waals surface area contributed by atoms with Gasteiger partial charge in [0, 0.05) is 19.3 Å². The summed E-state index contributed by atoms with van der Waals surface area (Å²) in [6.45, 7) is 2.69. The largest absolute Gasteiger partial charge is 0.395 e. The summed E-state index contributed by atoms with van der Waals surface area (Å²) >= 11 is 0. The van der Waals surface area contributed by atoms with E-state index in [1.807, 2.05) is 24.1 Å². The number of carbonyl (C=O) groups is 1. The summed E-state index contributed by atoms with van der Waals surface area (Å²) in [5.74, 6) is -0.0823. The van der Waals surface area contributed by atoms with Crippen LogP contribution in [0.2, 0.25) is 0 Å². The Hall–Kier alpha value is -1.55. The number of aliphatic hydroxyl groups is 1. The first-order chi connectivity index (χ1) is 8.17. The molecule has 4 nitrogen and oxygen atoms in total. The molecule has 4 heteroatoms. The van der Waals surface area contributed by atoms with Crippen LogP contribution in [0.1, 0.15) is 12.5 Å². The summed E-state index contributed by atoms with van der Waals surface area (Å²) in [6.07, 6.45) is 1.01. The van der Waals surface area contributed by atoms with Gasteiger partial charge >= 0.3 is 0 Å². The summed E-state index contributed by atoms with van der Waals surface area (Å²) in [5.41, 5.74) is 2.30. The normalized spacial score (nSPS) is 10.1. The van der Waals surface area contributed by atoms with Crippen molar-refractivity contribution >= 4 is 11.6 Å². The third-order valence-electron chi connectivity index (χ3n) is 2.60. The van der Waals surface area contributed by atoms with E-state index in [0.29, 0.717) is 13.1 Å². The smallest absolute Gasteiger partial charge is 0.239 e. The van der Waals surface area contributed by atoms with Crippen LogP contribution >= 0.6 is 0 Å². The summed E-state index contributed by atoms with van der Waals surface area (Å²) < 4.78 is 0. The molecule has 2 N–H and O–H groups in total. The molecule has 0 bridgehead atoms. The summed E-state index contributed by atoms with van der Waals surface area (Å²) in [7, 11) is 1.87. The number of anilines is 1. The van der Waals surface area contributed by atoms with Gasteiger partial charge in [0.2, 0.25) is 5.91 Å². The van der Waals surface area contributed by atoms with Gasteiger partial charge in [-0.2, -0.15) is 0 Å². The Kier molecular flexibility index (Phi) is 5.49. The van der Waals surface area contributed by atoms with Gasteiger partial charge in [0.05, 0.1) is 13.2 Å². The van der Waals surface area contributed by atoms with Crippen molar-refractivity contribution in [2.45, 2.75) is 13.3 Å². The van der Waals surface area contributed by atoms with Crippen molar-refractivity contribution in [1.29, 1.82) is 0 Å². The van der Waals surface area contributed by atoms with Crippen molar-refractivity contribution in [2.75, 3.05) is 31.6 Å². The van der Waals surface area contributed by atoms with Gasteiger partial charge in [-0.3, -0.25) is 4.79 Å². The molecule has 94 valence electrons. The first kappa shape index (κ1) is 13.5. The molecule has 0 aliphatic heterocycles. The first-order valence-electron chi connectivity index (χ1n) is 5.85. The lowest BCUT2D eigenvalue weighted by Gasteiger charge is -2.18. The minimum Gasteiger partial charge on any atom is -0.395 e. The minimum absolute atomic E-state index is 0.0271. The maximum absolute atomic E-state index is 11.4. The highest BCUT2D eigenvalue weighted by Crippen LogP contribution is 2.13. The number of aliphatic hydroxyl groups excluding tert-OH is 1. The van der Waals surface area contributed by atoms with Crippen LogP contribution < -0.4 is 10.2 Å². The van der Waals surface area contributed by atoms with Crippen LogP contribution in [0.25, 0.3) is 0 Å². The number of aryl methyl sites for hydroxylation is 1. The van der Waals surface area contributed by atoms with Crippen LogP contribution in [0, 0.1) is 0 Å². The number of carbonyl (C=O) groups excluding carboxylic acids is 1. The monoisotopic (exact) mass is 236 g/mol. The lowest BCUT2D eigenvalue weighted by Crippen LogP contribution is -2.36. The molecular weight excluding hydrogens is 216 g/mol. The molecule has 1 aromatic carbocycles. The average Bonchev–Trinajstić information content (AvgIpc) is 2.36. The second kappa shape index (κ2) is 6.91. The standard InChI is InChI=1S/C13H20N2O2/c1-3-11-4-6-12(7-5-11)15(2)10-13(17)14-8-9-16/h4-7,16H,3,8-10H2,1-2H3,(H,14,17). The third-order valence-corrected chi connectivity index (χ3v) is 2.60. The molecule has 0 heterocycles. The van der Waals surface area contributed by atoms with Crippen LogP contribution in [-0.4, -0.2) is 37.8 Å². The Balaban J connectivity index is 2.51. The zero-order valence-electron chi connectivity index (χ0n) is 10.4. The van der Waals surface area contributed by atoms with Crippen LogP contribution in [0.4, 0.5) is 5.69 Å². The second-order valence-electron chi connectivity index (χ2n) is 3.95.